The summed E-state index contributed by atoms with van der Waals surface area (Å²) in [6, 6.07) is 55.4. The zero-order chi connectivity index (χ0) is 106. The van der Waals surface area contributed by atoms with Crippen LogP contribution in [-0.2, 0) is 76.9 Å². The number of benzene rings is 7. The maximum Gasteiger partial charge on any atom is 0.348 e. The molecule has 3 amide bonds. The first-order chi connectivity index (χ1) is 71.9. The summed E-state index contributed by atoms with van der Waals surface area (Å²) in [5.74, 6) is -4.16. The van der Waals surface area contributed by atoms with E-state index in [0.717, 1.165) is 25.8 Å². The zero-order valence-electron chi connectivity index (χ0n) is 78.7. The molecule has 4 aliphatic heterocycles. The molecule has 7 aromatic carbocycles. The van der Waals surface area contributed by atoms with Crippen LogP contribution in [0.25, 0.3) is 42.3 Å². The minimum Gasteiger partial charge on any atom is -0.505 e. The Balaban J connectivity index is 0.000000136. The zero-order valence-corrected chi connectivity index (χ0v) is 87.9. The minimum atomic E-state index is -4.00. The number of fused-ring (bicyclic) bond motifs is 4. The van der Waals surface area contributed by atoms with E-state index in [1.165, 1.54) is 167 Å². The number of anilines is 4. The number of nitrogens with one attached hydrogen (secondary N) is 4. The molecular weight excluding hydrogens is 2190 g/mol. The molecule has 4 atom stereocenters. The molecule has 20 rings (SSSR count). The van der Waals surface area contributed by atoms with Crippen molar-refractivity contribution in [1.82, 2.24) is 39.1 Å². The van der Waals surface area contributed by atoms with Gasteiger partial charge >= 0.3 is 30.1 Å². The summed E-state index contributed by atoms with van der Waals surface area (Å²) in [5, 5.41) is 82.6. The Morgan fingerprint density at radius 1 is 0.400 bits per heavy atom. The van der Waals surface area contributed by atoms with E-state index in [1.54, 1.807) is 72.1 Å². The van der Waals surface area contributed by atoms with Crippen LogP contribution in [0.1, 0.15) is 50.1 Å². The van der Waals surface area contributed by atoms with Crippen molar-refractivity contribution >= 4 is 188 Å². The third-order valence-corrected chi connectivity index (χ3v) is 34.5. The predicted octanol–water partition coefficient (Wildman–Crippen LogP) is 14.3. The summed E-state index contributed by atoms with van der Waals surface area (Å²) in [7, 11) is -10.6. The van der Waals surface area contributed by atoms with E-state index in [0.29, 0.717) is 53.0 Å². The molecule has 9 aromatic heterocycles. The van der Waals surface area contributed by atoms with Crippen LogP contribution in [0.15, 0.2) is 281 Å². The molecule has 768 valence electrons. The van der Waals surface area contributed by atoms with Gasteiger partial charge in [-0.2, -0.15) is 39.4 Å². The van der Waals surface area contributed by atoms with E-state index < -0.39 is 99.7 Å². The number of thiophene rings is 4. The van der Waals surface area contributed by atoms with Gasteiger partial charge in [0.05, 0.1) is 107 Å². The fourth-order valence-electron chi connectivity index (χ4n) is 15.4. The first kappa shape index (κ1) is 106. The lowest BCUT2D eigenvalue weighted by molar-refractivity contribution is -0.120. The van der Waals surface area contributed by atoms with E-state index in [-0.39, 0.29) is 157 Å². The van der Waals surface area contributed by atoms with E-state index in [1.807, 2.05) is 89.8 Å². The number of aromatic nitrogens is 8. The number of nitrogens with zero attached hydrogens (tertiary/aromatic N) is 12. The van der Waals surface area contributed by atoms with Crippen molar-refractivity contribution in [3.05, 3.63) is 341 Å². The maximum absolute atomic E-state index is 13.8. The molecular formula is C97H82BrClFN19O23P4S4. The van der Waals surface area contributed by atoms with Crippen LogP contribution in [0.3, 0.4) is 0 Å². The average molecular weight is 2270 g/mol. The quantitative estimate of drug-likeness (QED) is 0.0194. The number of rotatable bonds is 29. The SMILES string of the molecule is COP1(=O)N=C(c2c(O)c(-c3cccs3)nn(Cc3ccc(F)c(Cl)c3)c2=O)Nc2ccc(OCC(N)=O)cc21.COP1(=O)N=C(c2c(O)c(-c3cccs3)nn(Cc3cccc(Br)c3)c2=O)Nc2ccc(C)cc21.COP1(=O)N=C(c2c(O)c(-c3cccs3)nn(Cc3ccccc3)c2=O)Nc2ccc(OCC(N)=O)cc21.COP1(=O)N=C(c2c(O)c(-c3cccs3)nn(Cc3ccoc3)c2=O)Nc2ccc(OCC(N)=O)cc21. The van der Waals surface area contributed by atoms with Gasteiger partial charge in [0.2, 0.25) is 0 Å². The number of hydrogen-bond donors (Lipinski definition) is 11. The van der Waals surface area contributed by atoms with E-state index >= 15 is 0 Å². The highest BCUT2D eigenvalue weighted by molar-refractivity contribution is 9.10. The standard InChI is InChI=1S/C25H20ClFN5O6PS.C25H22N5O6PS.C24H20BrN4O4PS.C23H20N5O7PS/c1-37-39(36)18-10-14(38-12-20(28)33)5-7-17(18)29-24(31-39)21-23(34)22(19-3-2-8-40-19)30-32(25(21)35)11-13-4-6-16(27)15(26)9-13;1-35-37(34)18-12-16(36-14-20(26)31)9-10-17(18)27-24(29-37)21-23(32)22(19-8-5-11-38-19)28-30(25(21)33)13-15-6-3-2-4-7-15;1-14-8-9-17-18(11-14)34(32,33-2)28-23(26-17)20-22(30)21(19-7-4-10-35-19)27-29(24(20)31)13-15-5-3-6-16(25)12-15;1-33-36(32)16-9-14(35-12-18(24)29)4-5-15(16)25-22(27-36)19-21(30)20(17-3-2-8-37-17)26-28(23(19)31)10-13-6-7-34-11-13/h2-10,34H,11-12H2,1H3,(H2,28,33)(H,29,31,36);2-12,32H,13-14H2,1H3,(H2,26,31)(H,27,29,34);3-12,30H,13H2,1-2H3,(H,26,28,32);2-9,11,30H,10,12H2,1H3,(H2,24,29)(H,25,27,32). The largest absolute Gasteiger partial charge is 0.505 e. The summed E-state index contributed by atoms with van der Waals surface area (Å²) in [6.45, 7) is 0.992. The summed E-state index contributed by atoms with van der Waals surface area (Å²) in [5.41, 5.74) is 17.7. The lowest BCUT2D eigenvalue weighted by Crippen LogP contribution is -2.35. The summed E-state index contributed by atoms with van der Waals surface area (Å²) >= 11 is 14.7. The van der Waals surface area contributed by atoms with Crippen LogP contribution >= 0.6 is 103 Å². The Hall–Kier alpha value is -15.5. The Labute approximate surface area is 877 Å². The fraction of sp³-hybridized carbons (Fsp3) is 0.124. The number of carbonyl (C=O) groups is 3. The predicted molar refractivity (Wildman–Crippen MR) is 573 cm³/mol. The van der Waals surface area contributed by atoms with Gasteiger partial charge in [-0.15, -0.1) is 45.3 Å². The van der Waals surface area contributed by atoms with Gasteiger partial charge < -0.3 is 95.6 Å². The Morgan fingerprint density at radius 3 is 1.03 bits per heavy atom. The Bertz CT molecular complexity index is 8600. The van der Waals surface area contributed by atoms with Gasteiger partial charge in [-0.1, -0.05) is 112 Å². The molecule has 0 saturated heterocycles. The molecule has 0 saturated carbocycles. The molecule has 42 nitrogen and oxygen atoms in total. The first-order valence-corrected chi connectivity index (χ1v) is 55.1. The third kappa shape index (κ3) is 22.7. The maximum atomic E-state index is 13.8. The Morgan fingerprint density at radius 2 is 0.720 bits per heavy atom. The van der Waals surface area contributed by atoms with Crippen molar-refractivity contribution in [3.8, 4) is 82.5 Å². The van der Waals surface area contributed by atoms with Crippen molar-refractivity contribution in [2.75, 3.05) is 69.5 Å². The van der Waals surface area contributed by atoms with Gasteiger partial charge in [0.15, 0.2) is 66.2 Å². The number of ether oxygens (including phenoxy) is 3. The topological polar surface area (TPSA) is 593 Å². The number of halogens is 3. The molecule has 0 bridgehead atoms. The lowest BCUT2D eigenvalue weighted by Gasteiger charge is -2.25. The minimum absolute atomic E-state index is 0.0303. The number of amidine groups is 4. The highest BCUT2D eigenvalue weighted by atomic mass is 79.9. The van der Waals surface area contributed by atoms with Crippen molar-refractivity contribution < 1.29 is 94.2 Å². The molecule has 0 aliphatic carbocycles. The highest BCUT2D eigenvalue weighted by Crippen LogP contribution is 2.57. The van der Waals surface area contributed by atoms with Crippen molar-refractivity contribution in [2.45, 2.75) is 33.1 Å². The molecule has 4 aliphatic rings. The summed E-state index contributed by atoms with van der Waals surface area (Å²) in [4.78, 5) is 90.3. The first-order valence-electron chi connectivity index (χ1n) is 44.1. The second kappa shape index (κ2) is 44.9. The normalized spacial score (nSPS) is 16.5. The number of amides is 3. The van der Waals surface area contributed by atoms with Crippen LogP contribution in [0, 0.1) is 12.7 Å². The molecule has 0 spiro atoms. The van der Waals surface area contributed by atoms with Gasteiger partial charge in [0.25, 0.3) is 40.0 Å². The highest BCUT2D eigenvalue weighted by Gasteiger charge is 2.42. The van der Waals surface area contributed by atoms with Gasteiger partial charge in [-0.25, -0.2) is 23.1 Å². The number of aromatic hydroxyl groups is 4. The Kier molecular flexibility index (Phi) is 31.7. The molecule has 14 N–H and O–H groups in total. The molecule has 150 heavy (non-hydrogen) atoms. The summed E-state index contributed by atoms with van der Waals surface area (Å²) < 4.78 is 134. The number of hydrogen-bond acceptors (Lipinski definition) is 35. The van der Waals surface area contributed by atoms with Crippen molar-refractivity contribution in [3.63, 3.8) is 0 Å². The van der Waals surface area contributed by atoms with Gasteiger partial charge in [-0.3, -0.25) is 51.8 Å². The van der Waals surface area contributed by atoms with Crippen LogP contribution in [-0.4, -0.2) is 149 Å². The van der Waals surface area contributed by atoms with Crippen LogP contribution < -0.4 is 96.1 Å². The third-order valence-electron chi connectivity index (χ3n) is 22.5. The van der Waals surface area contributed by atoms with E-state index in [4.69, 9.17) is 65.5 Å². The van der Waals surface area contributed by atoms with Gasteiger partial charge in [-0.05, 0) is 166 Å². The van der Waals surface area contributed by atoms with Crippen molar-refractivity contribution in [2.24, 2.45) is 36.3 Å². The fourth-order valence-corrected chi connectivity index (χ4v) is 25.1. The second-order valence-corrected chi connectivity index (χ2v) is 45.9. The molecule has 16 aromatic rings. The molecule has 0 fully saturated rings. The number of nitrogens with two attached hydrogens (primary N) is 3. The van der Waals surface area contributed by atoms with Crippen LogP contribution in [0.4, 0.5) is 27.1 Å². The summed E-state index contributed by atoms with van der Waals surface area (Å²) in [6.07, 6.45) is 2.96. The van der Waals surface area contributed by atoms with Gasteiger partial charge in [0.1, 0.15) is 68.1 Å². The number of aryl methyl sites for hydroxylation is 1. The van der Waals surface area contributed by atoms with E-state index in [9.17, 15) is 76.6 Å². The number of furan rings is 1. The molecule has 53 heteroatoms. The van der Waals surface area contributed by atoms with Crippen LogP contribution in [0.2, 0.25) is 5.02 Å². The van der Waals surface area contributed by atoms with Crippen molar-refractivity contribution in [1.29, 1.82) is 0 Å². The monoisotopic (exact) mass is 2270 g/mol. The van der Waals surface area contributed by atoms with E-state index in [2.05, 4.69) is 76.6 Å². The van der Waals surface area contributed by atoms with Gasteiger partial charge in [0, 0.05) is 38.5 Å². The molecule has 13 heterocycles. The lowest BCUT2D eigenvalue weighted by atomic mass is 10.1. The second-order valence-electron chi connectivity index (χ2n) is 32.5. The number of carbonyl (C=O) groups excluding carboxylic acids is 3. The smallest absolute Gasteiger partial charge is 0.348 e. The molecule has 4 unspecified atom stereocenters. The number of primary amides is 3. The van der Waals surface area contributed by atoms with Crippen LogP contribution in [0.5, 0.6) is 40.2 Å². The molecule has 0 radical (unpaired) electrons. The average Bonchev–Trinajstić information content (AvgIpc) is 0.923.